The van der Waals surface area contributed by atoms with Crippen molar-refractivity contribution < 1.29 is 0 Å². The molecule has 2 nitrogen and oxygen atoms in total. The van der Waals surface area contributed by atoms with E-state index in [0.717, 1.165) is 22.2 Å². The summed E-state index contributed by atoms with van der Waals surface area (Å²) in [5.41, 5.74) is 5.11. The van der Waals surface area contributed by atoms with Gasteiger partial charge in [-0.05, 0) is 40.6 Å². The van der Waals surface area contributed by atoms with Gasteiger partial charge in [-0.25, -0.2) is 0 Å². The van der Waals surface area contributed by atoms with Crippen molar-refractivity contribution in [2.45, 2.75) is 12.8 Å². The summed E-state index contributed by atoms with van der Waals surface area (Å²) in [5.74, 6) is 0. The van der Waals surface area contributed by atoms with E-state index in [1.165, 1.54) is 16.7 Å². The number of aromatic nitrogens is 2. The molecule has 84 valence electrons. The summed E-state index contributed by atoms with van der Waals surface area (Å²) >= 11 is 2.20. The molecule has 0 aliphatic heterocycles. The van der Waals surface area contributed by atoms with Gasteiger partial charge in [0.15, 0.2) is 0 Å². The van der Waals surface area contributed by atoms with Crippen LogP contribution in [0.4, 0.5) is 0 Å². The first-order valence-electron chi connectivity index (χ1n) is 5.57. The van der Waals surface area contributed by atoms with Crippen molar-refractivity contribution in [2.24, 2.45) is 0 Å². The van der Waals surface area contributed by atoms with Crippen LogP contribution in [0.3, 0.4) is 0 Å². The van der Waals surface area contributed by atoms with Crippen molar-refractivity contribution in [1.29, 1.82) is 0 Å². The van der Waals surface area contributed by atoms with Gasteiger partial charge in [0.1, 0.15) is 3.70 Å². The van der Waals surface area contributed by atoms with Gasteiger partial charge >= 0.3 is 0 Å². The SMILES string of the molecule is Ic1cc2c(nn1)CC(Cc1ccccc1)=C2. The van der Waals surface area contributed by atoms with Crippen molar-refractivity contribution >= 4 is 28.7 Å². The maximum atomic E-state index is 4.24. The zero-order chi connectivity index (χ0) is 11.7. The Morgan fingerprint density at radius 2 is 1.94 bits per heavy atom. The number of fused-ring (bicyclic) bond motifs is 1. The van der Waals surface area contributed by atoms with Gasteiger partial charge in [-0.3, -0.25) is 0 Å². The van der Waals surface area contributed by atoms with Gasteiger partial charge in [0.05, 0.1) is 5.69 Å². The molecule has 0 atom stereocenters. The minimum atomic E-state index is 0.939. The van der Waals surface area contributed by atoms with E-state index in [0.29, 0.717) is 0 Å². The summed E-state index contributed by atoms with van der Waals surface area (Å²) in [7, 11) is 0. The normalized spacial score (nSPS) is 13.4. The lowest BCUT2D eigenvalue weighted by atomic mass is 10.0. The molecule has 0 bridgehead atoms. The number of hydrogen-bond acceptors (Lipinski definition) is 2. The molecule has 0 saturated heterocycles. The second kappa shape index (κ2) is 4.56. The molecule has 1 heterocycles. The highest BCUT2D eigenvalue weighted by Gasteiger charge is 2.15. The number of halogens is 1. The molecule has 0 amide bonds. The van der Waals surface area contributed by atoms with Gasteiger partial charge in [0, 0.05) is 12.0 Å². The Morgan fingerprint density at radius 3 is 2.76 bits per heavy atom. The second-order valence-corrected chi connectivity index (χ2v) is 5.32. The van der Waals surface area contributed by atoms with Crippen molar-refractivity contribution in [1.82, 2.24) is 10.2 Å². The standard InChI is InChI=1S/C14H11IN2/c15-14-9-12-7-11(8-13(12)16-17-14)6-10-4-2-1-3-5-10/h1-5,7,9H,6,8H2. The highest BCUT2D eigenvalue weighted by Crippen LogP contribution is 2.25. The third-order valence-electron chi connectivity index (χ3n) is 2.90. The molecule has 1 aliphatic rings. The van der Waals surface area contributed by atoms with E-state index in [4.69, 9.17) is 0 Å². The minimum Gasteiger partial charge on any atom is -0.154 e. The first kappa shape index (κ1) is 10.9. The van der Waals surface area contributed by atoms with E-state index in [9.17, 15) is 0 Å². The first-order chi connectivity index (χ1) is 8.31. The highest BCUT2D eigenvalue weighted by molar-refractivity contribution is 14.1. The van der Waals surface area contributed by atoms with Gasteiger partial charge < -0.3 is 0 Å². The van der Waals surface area contributed by atoms with Crippen molar-refractivity contribution in [3.63, 3.8) is 0 Å². The Morgan fingerprint density at radius 1 is 1.12 bits per heavy atom. The minimum absolute atomic E-state index is 0.939. The molecule has 0 unspecified atom stereocenters. The molecule has 1 aliphatic carbocycles. The second-order valence-electron chi connectivity index (χ2n) is 4.21. The van der Waals surface area contributed by atoms with Crippen LogP contribution in [-0.4, -0.2) is 10.2 Å². The molecular weight excluding hydrogens is 323 g/mol. The third kappa shape index (κ3) is 2.39. The maximum absolute atomic E-state index is 4.24. The summed E-state index contributed by atoms with van der Waals surface area (Å²) in [6.07, 6.45) is 4.20. The van der Waals surface area contributed by atoms with Gasteiger partial charge in [-0.2, -0.15) is 5.10 Å². The Balaban J connectivity index is 1.83. The Bertz CT molecular complexity index is 576. The molecule has 3 heteroatoms. The molecule has 1 aromatic heterocycles. The topological polar surface area (TPSA) is 25.8 Å². The van der Waals surface area contributed by atoms with Crippen LogP contribution in [0.2, 0.25) is 0 Å². The van der Waals surface area contributed by atoms with Gasteiger partial charge in [-0.15, -0.1) is 5.10 Å². The zero-order valence-corrected chi connectivity index (χ0v) is 11.4. The molecule has 17 heavy (non-hydrogen) atoms. The van der Waals surface area contributed by atoms with Gasteiger partial charge in [0.25, 0.3) is 0 Å². The van der Waals surface area contributed by atoms with Crippen LogP contribution in [0, 0.1) is 3.70 Å². The van der Waals surface area contributed by atoms with Crippen LogP contribution in [-0.2, 0) is 12.8 Å². The molecule has 2 aromatic rings. The summed E-state index contributed by atoms with van der Waals surface area (Å²) in [4.78, 5) is 0. The van der Waals surface area contributed by atoms with Crippen LogP contribution < -0.4 is 0 Å². The van der Waals surface area contributed by atoms with Crippen LogP contribution in [0.15, 0.2) is 42.0 Å². The quantitative estimate of drug-likeness (QED) is 0.788. The van der Waals surface area contributed by atoms with E-state index in [1.807, 2.05) is 0 Å². The van der Waals surface area contributed by atoms with E-state index in [1.54, 1.807) is 0 Å². The fourth-order valence-corrected chi connectivity index (χ4v) is 2.57. The summed E-state index contributed by atoms with van der Waals surface area (Å²) in [6.45, 7) is 0. The predicted molar refractivity (Wildman–Crippen MR) is 76.6 cm³/mol. The number of benzene rings is 1. The molecule has 0 radical (unpaired) electrons. The van der Waals surface area contributed by atoms with Crippen LogP contribution in [0.1, 0.15) is 16.8 Å². The lowest BCUT2D eigenvalue weighted by molar-refractivity contribution is 0.911. The molecule has 0 fully saturated rings. The van der Waals surface area contributed by atoms with Crippen LogP contribution >= 0.6 is 22.6 Å². The van der Waals surface area contributed by atoms with E-state index in [-0.39, 0.29) is 0 Å². The van der Waals surface area contributed by atoms with Crippen molar-refractivity contribution in [3.05, 3.63) is 62.5 Å². The van der Waals surface area contributed by atoms with Gasteiger partial charge in [-0.1, -0.05) is 42.0 Å². The number of hydrogen-bond donors (Lipinski definition) is 0. The largest absolute Gasteiger partial charge is 0.154 e. The summed E-state index contributed by atoms with van der Waals surface area (Å²) in [5, 5.41) is 8.34. The van der Waals surface area contributed by atoms with Gasteiger partial charge in [0.2, 0.25) is 0 Å². The van der Waals surface area contributed by atoms with Crippen LogP contribution in [0.25, 0.3) is 6.08 Å². The van der Waals surface area contributed by atoms with E-state index < -0.39 is 0 Å². The third-order valence-corrected chi connectivity index (χ3v) is 3.43. The average Bonchev–Trinajstić information content (AvgIpc) is 2.71. The molecule has 3 rings (SSSR count). The lowest BCUT2D eigenvalue weighted by Crippen LogP contribution is -1.96. The maximum Gasteiger partial charge on any atom is 0.124 e. The monoisotopic (exact) mass is 334 g/mol. The molecular formula is C14H11IN2. The Hall–Kier alpha value is -1.23. The molecule has 0 saturated carbocycles. The van der Waals surface area contributed by atoms with E-state index in [2.05, 4.69) is 75.3 Å². The molecule has 1 aromatic carbocycles. The fraction of sp³-hybridized carbons (Fsp3) is 0.143. The number of nitrogens with zero attached hydrogens (tertiary/aromatic N) is 2. The average molecular weight is 334 g/mol. The van der Waals surface area contributed by atoms with E-state index >= 15 is 0 Å². The zero-order valence-electron chi connectivity index (χ0n) is 9.23. The predicted octanol–water partition coefficient (Wildman–Crippen LogP) is 3.26. The number of rotatable bonds is 2. The Kier molecular flexibility index (Phi) is 2.93. The van der Waals surface area contributed by atoms with Crippen molar-refractivity contribution in [2.75, 3.05) is 0 Å². The molecule has 0 spiro atoms. The summed E-state index contributed by atoms with van der Waals surface area (Å²) in [6, 6.07) is 12.6. The lowest BCUT2D eigenvalue weighted by Gasteiger charge is -2.01. The molecule has 0 N–H and O–H groups in total. The summed E-state index contributed by atoms with van der Waals surface area (Å²) < 4.78 is 0.957. The van der Waals surface area contributed by atoms with Crippen molar-refractivity contribution in [3.8, 4) is 0 Å². The highest BCUT2D eigenvalue weighted by atomic mass is 127. The first-order valence-corrected chi connectivity index (χ1v) is 6.64. The smallest absolute Gasteiger partial charge is 0.124 e. The Labute approximate surface area is 114 Å². The van der Waals surface area contributed by atoms with Crippen LogP contribution in [0.5, 0.6) is 0 Å². The number of allylic oxidation sites excluding steroid dienone is 1. The fourth-order valence-electron chi connectivity index (χ4n) is 2.13.